The van der Waals surface area contributed by atoms with Crippen molar-refractivity contribution in [2.24, 2.45) is 5.92 Å². The van der Waals surface area contributed by atoms with Gasteiger partial charge in [0.25, 0.3) is 0 Å². The first-order valence-electron chi connectivity index (χ1n) is 12.2. The van der Waals surface area contributed by atoms with Crippen LogP contribution in [-0.4, -0.2) is 48.5 Å². The number of likely N-dealkylation sites (tertiary alicyclic amines) is 1. The van der Waals surface area contributed by atoms with Gasteiger partial charge in [-0.15, -0.1) is 11.3 Å². The fourth-order valence-corrected chi connectivity index (χ4v) is 6.97. The molecule has 182 valence electrons. The fraction of sp³-hybridized carbons (Fsp3) is 0.630. The van der Waals surface area contributed by atoms with Crippen LogP contribution >= 0.6 is 23.1 Å². The van der Waals surface area contributed by atoms with Crippen LogP contribution in [0.5, 0.6) is 5.88 Å². The Labute approximate surface area is 208 Å². The van der Waals surface area contributed by atoms with Crippen molar-refractivity contribution >= 4 is 28.2 Å². The minimum absolute atomic E-state index is 0.236. The molecule has 0 radical (unpaired) electrons. The van der Waals surface area contributed by atoms with Crippen molar-refractivity contribution in [3.63, 3.8) is 0 Å². The molecule has 6 heteroatoms. The van der Waals surface area contributed by atoms with E-state index >= 15 is 0 Å². The zero-order chi connectivity index (χ0) is 24.0. The SMILES string of the molecule is COc1nc(C)cc(C)c1CCCCCc1sc(CC2CCN(C)CC2)c(C)c1C(=O)SC. The molecule has 3 heterocycles. The average Bonchev–Trinajstić information content (AvgIpc) is 3.10. The van der Waals surface area contributed by atoms with Crippen LogP contribution in [0, 0.1) is 26.7 Å². The molecule has 2 aromatic rings. The zero-order valence-corrected chi connectivity index (χ0v) is 22.9. The first-order valence-corrected chi connectivity index (χ1v) is 14.3. The normalized spacial score (nSPS) is 15.2. The van der Waals surface area contributed by atoms with Gasteiger partial charge in [0.15, 0.2) is 0 Å². The van der Waals surface area contributed by atoms with Gasteiger partial charge in [0, 0.05) is 26.6 Å². The number of aromatic nitrogens is 1. The highest BCUT2D eigenvalue weighted by atomic mass is 32.2. The summed E-state index contributed by atoms with van der Waals surface area (Å²) >= 11 is 3.27. The van der Waals surface area contributed by atoms with E-state index in [-0.39, 0.29) is 5.12 Å². The number of aryl methyl sites for hydroxylation is 3. The minimum atomic E-state index is 0.236. The topological polar surface area (TPSA) is 42.4 Å². The predicted octanol–water partition coefficient (Wildman–Crippen LogP) is 6.42. The van der Waals surface area contributed by atoms with Gasteiger partial charge in [-0.25, -0.2) is 4.98 Å². The highest BCUT2D eigenvalue weighted by Crippen LogP contribution is 2.35. The van der Waals surface area contributed by atoms with Gasteiger partial charge in [0.05, 0.1) is 7.11 Å². The molecule has 0 unspecified atom stereocenters. The summed E-state index contributed by atoms with van der Waals surface area (Å²) in [6.07, 6.45) is 10.9. The maximum Gasteiger partial charge on any atom is 0.220 e. The van der Waals surface area contributed by atoms with Crippen molar-refractivity contribution in [1.29, 1.82) is 0 Å². The van der Waals surface area contributed by atoms with E-state index in [0.717, 1.165) is 61.6 Å². The average molecular weight is 489 g/mol. The van der Waals surface area contributed by atoms with Gasteiger partial charge < -0.3 is 9.64 Å². The summed E-state index contributed by atoms with van der Waals surface area (Å²) in [5.41, 5.74) is 5.76. The second-order valence-corrected chi connectivity index (χ2v) is 11.5. The van der Waals surface area contributed by atoms with Crippen LogP contribution in [0.15, 0.2) is 6.07 Å². The van der Waals surface area contributed by atoms with Crippen molar-refractivity contribution in [3.8, 4) is 5.88 Å². The lowest BCUT2D eigenvalue weighted by molar-refractivity contribution is 0.108. The summed E-state index contributed by atoms with van der Waals surface area (Å²) in [5.74, 6) is 1.53. The number of ether oxygens (including phenoxy) is 1. The lowest BCUT2D eigenvalue weighted by Gasteiger charge is -2.28. The molecule has 1 saturated heterocycles. The number of hydrogen-bond donors (Lipinski definition) is 0. The van der Waals surface area contributed by atoms with E-state index in [1.165, 1.54) is 64.1 Å². The first-order chi connectivity index (χ1) is 15.8. The lowest BCUT2D eigenvalue weighted by Crippen LogP contribution is -2.30. The number of hydrogen-bond acceptors (Lipinski definition) is 6. The Morgan fingerprint density at radius 3 is 2.52 bits per heavy atom. The largest absolute Gasteiger partial charge is 0.481 e. The number of carbonyl (C=O) groups is 1. The Bertz CT molecular complexity index is 946. The quantitative estimate of drug-likeness (QED) is 0.361. The van der Waals surface area contributed by atoms with Crippen molar-refractivity contribution in [3.05, 3.63) is 43.8 Å². The molecule has 0 atom stereocenters. The van der Waals surface area contributed by atoms with Crippen LogP contribution in [0.3, 0.4) is 0 Å². The standard InChI is InChI=1S/C27H40N2O2S2/c1-18-16-19(2)28-26(31-5)22(18)10-8-7-9-11-23-25(27(30)32-6)20(3)24(33-23)17-21-12-14-29(4)15-13-21/h16,21H,7-15,17H2,1-6H3. The molecular weight excluding hydrogens is 448 g/mol. The third-order valence-electron chi connectivity index (χ3n) is 6.98. The van der Waals surface area contributed by atoms with Gasteiger partial charge in [-0.2, -0.15) is 0 Å². The highest BCUT2D eigenvalue weighted by Gasteiger charge is 2.24. The van der Waals surface area contributed by atoms with Crippen molar-refractivity contribution in [1.82, 2.24) is 9.88 Å². The number of carbonyl (C=O) groups excluding carboxylic acids is 1. The van der Waals surface area contributed by atoms with Gasteiger partial charge in [-0.1, -0.05) is 18.2 Å². The van der Waals surface area contributed by atoms with E-state index in [0.29, 0.717) is 0 Å². The molecule has 0 aromatic carbocycles. The van der Waals surface area contributed by atoms with Gasteiger partial charge in [-0.3, -0.25) is 4.79 Å². The number of pyridine rings is 1. The highest BCUT2D eigenvalue weighted by molar-refractivity contribution is 8.13. The molecule has 1 aliphatic heterocycles. The van der Waals surface area contributed by atoms with Crippen LogP contribution in [0.25, 0.3) is 0 Å². The number of methoxy groups -OCH3 is 1. The Kier molecular flexibility index (Phi) is 9.83. The molecule has 0 spiro atoms. The molecule has 0 bridgehead atoms. The van der Waals surface area contributed by atoms with Crippen LogP contribution < -0.4 is 4.74 Å². The third kappa shape index (κ3) is 6.83. The second kappa shape index (κ2) is 12.4. The fourth-order valence-electron chi connectivity index (χ4n) is 4.96. The smallest absolute Gasteiger partial charge is 0.220 e. The van der Waals surface area contributed by atoms with E-state index in [9.17, 15) is 4.79 Å². The molecule has 3 rings (SSSR count). The van der Waals surface area contributed by atoms with Crippen LogP contribution in [0.4, 0.5) is 0 Å². The monoisotopic (exact) mass is 488 g/mol. The second-order valence-electron chi connectivity index (χ2n) is 9.52. The van der Waals surface area contributed by atoms with Crippen molar-refractivity contribution in [2.75, 3.05) is 33.5 Å². The molecule has 0 N–H and O–H groups in total. The molecule has 0 amide bonds. The number of rotatable bonds is 10. The number of nitrogens with zero attached hydrogens (tertiary/aromatic N) is 2. The molecule has 1 aliphatic rings. The van der Waals surface area contributed by atoms with Crippen molar-refractivity contribution in [2.45, 2.75) is 72.1 Å². The maximum atomic E-state index is 12.8. The molecule has 1 fully saturated rings. The summed E-state index contributed by atoms with van der Waals surface area (Å²) in [7, 11) is 3.92. The summed E-state index contributed by atoms with van der Waals surface area (Å²) < 4.78 is 5.52. The van der Waals surface area contributed by atoms with Gasteiger partial charge in [0.2, 0.25) is 11.0 Å². The van der Waals surface area contributed by atoms with Crippen molar-refractivity contribution < 1.29 is 9.53 Å². The summed E-state index contributed by atoms with van der Waals surface area (Å²) in [4.78, 5) is 22.5. The molecule has 2 aromatic heterocycles. The van der Waals surface area contributed by atoms with Crippen LogP contribution in [-0.2, 0) is 19.3 Å². The Morgan fingerprint density at radius 2 is 1.85 bits per heavy atom. The lowest BCUT2D eigenvalue weighted by atomic mass is 9.92. The summed E-state index contributed by atoms with van der Waals surface area (Å²) in [5, 5.41) is 0.236. The van der Waals surface area contributed by atoms with E-state index < -0.39 is 0 Å². The van der Waals surface area contributed by atoms with E-state index in [2.05, 4.69) is 36.8 Å². The van der Waals surface area contributed by atoms with E-state index in [1.54, 1.807) is 7.11 Å². The van der Waals surface area contributed by atoms with E-state index in [4.69, 9.17) is 4.74 Å². The number of unbranched alkanes of at least 4 members (excludes halogenated alkanes) is 2. The van der Waals surface area contributed by atoms with Gasteiger partial charge >= 0.3 is 0 Å². The first kappa shape index (κ1) is 26.2. The minimum Gasteiger partial charge on any atom is -0.481 e. The van der Waals surface area contributed by atoms with Gasteiger partial charge in [-0.05, 0) is 115 Å². The Morgan fingerprint density at radius 1 is 1.15 bits per heavy atom. The summed E-state index contributed by atoms with van der Waals surface area (Å²) in [6.45, 7) is 8.72. The van der Waals surface area contributed by atoms with E-state index in [1.807, 2.05) is 24.5 Å². The van der Waals surface area contributed by atoms with Crippen LogP contribution in [0.2, 0.25) is 0 Å². The molecule has 33 heavy (non-hydrogen) atoms. The molecular formula is C27H40N2O2S2. The molecule has 0 saturated carbocycles. The summed E-state index contributed by atoms with van der Waals surface area (Å²) in [6, 6.07) is 2.14. The van der Waals surface area contributed by atoms with Gasteiger partial charge in [0.1, 0.15) is 0 Å². The zero-order valence-electron chi connectivity index (χ0n) is 21.3. The maximum absolute atomic E-state index is 12.8. The number of thiophene rings is 1. The number of thioether (sulfide) groups is 1. The molecule has 0 aliphatic carbocycles. The predicted molar refractivity (Wildman–Crippen MR) is 142 cm³/mol. The Balaban J connectivity index is 1.60. The number of piperidine rings is 1. The Hall–Kier alpha value is -1.37. The third-order valence-corrected chi connectivity index (χ3v) is 8.93. The molecule has 4 nitrogen and oxygen atoms in total. The van der Waals surface area contributed by atoms with Crippen LogP contribution in [0.1, 0.15) is 74.6 Å².